The van der Waals surface area contributed by atoms with Crippen molar-refractivity contribution in [3.8, 4) is 0 Å². The molecule has 0 aliphatic carbocycles. The van der Waals surface area contributed by atoms with Gasteiger partial charge >= 0.3 is 0 Å². The van der Waals surface area contributed by atoms with Gasteiger partial charge in [-0.25, -0.2) is 0 Å². The van der Waals surface area contributed by atoms with E-state index in [9.17, 15) is 4.79 Å². The highest BCUT2D eigenvalue weighted by Crippen LogP contribution is 2.44. The molecule has 0 saturated carbocycles. The molecule has 3 aliphatic heterocycles. The fraction of sp³-hybridized carbons (Fsp3) is 0.353. The third-order valence-corrected chi connectivity index (χ3v) is 6.02. The van der Waals surface area contributed by atoms with Crippen LogP contribution >= 0.6 is 11.3 Å². The predicted molar refractivity (Wildman–Crippen MR) is 82.5 cm³/mol. The molecular weight excluding hydrogens is 282 g/mol. The second kappa shape index (κ2) is 4.18. The van der Waals surface area contributed by atoms with Crippen LogP contribution in [0.3, 0.4) is 0 Å². The Morgan fingerprint density at radius 2 is 1.86 bits per heavy atom. The average Bonchev–Trinajstić information content (AvgIpc) is 3.25. The number of rotatable bonds is 1. The number of benzene rings is 1. The number of amides is 1. The third-order valence-electron chi connectivity index (χ3n) is 5.06. The molecule has 4 heterocycles. The summed E-state index contributed by atoms with van der Waals surface area (Å²) in [6.45, 7) is 1.67. The number of nitrogens with zero attached hydrogens (tertiary/aromatic N) is 1. The van der Waals surface area contributed by atoms with Crippen LogP contribution in [0.2, 0.25) is 0 Å². The number of carbonyl (C=O) groups excluding carboxylic acids is 1. The van der Waals surface area contributed by atoms with Crippen LogP contribution in [0.15, 0.2) is 41.8 Å². The third kappa shape index (κ3) is 1.60. The van der Waals surface area contributed by atoms with E-state index in [1.165, 1.54) is 4.70 Å². The summed E-state index contributed by atoms with van der Waals surface area (Å²) in [7, 11) is 0. The van der Waals surface area contributed by atoms with E-state index in [1.807, 2.05) is 28.5 Å². The summed E-state index contributed by atoms with van der Waals surface area (Å²) in [4.78, 5) is 14.9. The minimum atomic E-state index is 0.182. The standard InChI is InChI=1S/C17H15NO2S/c19-17(13-9-21-16-4-2-1-3-10(13)16)18-7-11-12(8-18)15-6-5-14(11)20-15/h1-6,9,11-12,14-15H,7-8H2. The second-order valence-corrected chi connectivity index (χ2v) is 7.04. The maximum atomic E-state index is 12.9. The summed E-state index contributed by atoms with van der Waals surface area (Å²) >= 11 is 1.65. The number of ether oxygens (including phenoxy) is 1. The van der Waals surface area contributed by atoms with Crippen LogP contribution in [0.5, 0.6) is 0 Å². The zero-order chi connectivity index (χ0) is 14.0. The van der Waals surface area contributed by atoms with Crippen molar-refractivity contribution in [2.45, 2.75) is 12.2 Å². The summed E-state index contributed by atoms with van der Waals surface area (Å²) in [6, 6.07) is 8.15. The molecule has 1 aromatic heterocycles. The highest BCUT2D eigenvalue weighted by molar-refractivity contribution is 7.17. The molecule has 0 spiro atoms. The molecule has 2 fully saturated rings. The molecule has 4 unspecified atom stereocenters. The molecule has 2 bridgehead atoms. The van der Waals surface area contributed by atoms with Crippen molar-refractivity contribution in [2.24, 2.45) is 11.8 Å². The van der Waals surface area contributed by atoms with E-state index >= 15 is 0 Å². The van der Waals surface area contributed by atoms with Crippen molar-refractivity contribution in [2.75, 3.05) is 13.1 Å². The van der Waals surface area contributed by atoms with E-state index in [1.54, 1.807) is 11.3 Å². The quantitative estimate of drug-likeness (QED) is 0.757. The summed E-state index contributed by atoms with van der Waals surface area (Å²) in [5.41, 5.74) is 0.858. The van der Waals surface area contributed by atoms with Crippen molar-refractivity contribution in [1.29, 1.82) is 0 Å². The van der Waals surface area contributed by atoms with Crippen LogP contribution in [0.4, 0.5) is 0 Å². The topological polar surface area (TPSA) is 29.5 Å². The molecule has 3 nitrogen and oxygen atoms in total. The van der Waals surface area contributed by atoms with Gasteiger partial charge in [-0.1, -0.05) is 30.4 Å². The van der Waals surface area contributed by atoms with Crippen molar-refractivity contribution < 1.29 is 9.53 Å². The van der Waals surface area contributed by atoms with Gasteiger partial charge in [0, 0.05) is 40.4 Å². The molecule has 2 aromatic rings. The van der Waals surface area contributed by atoms with Gasteiger partial charge in [-0.05, 0) is 6.07 Å². The van der Waals surface area contributed by atoms with Gasteiger partial charge in [-0.2, -0.15) is 0 Å². The monoisotopic (exact) mass is 297 g/mol. The van der Waals surface area contributed by atoms with Gasteiger partial charge in [0.25, 0.3) is 5.91 Å². The number of fused-ring (bicyclic) bond motifs is 6. The normalized spacial score (nSPS) is 33.0. The van der Waals surface area contributed by atoms with Crippen molar-refractivity contribution >= 4 is 27.3 Å². The summed E-state index contributed by atoms with van der Waals surface area (Å²) in [6.07, 6.45) is 4.80. The maximum absolute atomic E-state index is 12.9. The lowest BCUT2D eigenvalue weighted by atomic mass is 9.86. The van der Waals surface area contributed by atoms with Crippen LogP contribution in [-0.4, -0.2) is 36.1 Å². The highest BCUT2D eigenvalue weighted by atomic mass is 32.1. The number of hydrogen-bond acceptors (Lipinski definition) is 3. The molecule has 0 radical (unpaired) electrons. The Morgan fingerprint density at radius 3 is 2.62 bits per heavy atom. The lowest BCUT2D eigenvalue weighted by molar-refractivity contribution is 0.0657. The van der Waals surface area contributed by atoms with Crippen molar-refractivity contribution in [1.82, 2.24) is 4.90 Å². The summed E-state index contributed by atoms with van der Waals surface area (Å²) in [5, 5.41) is 3.09. The Balaban J connectivity index is 1.46. The average molecular weight is 297 g/mol. The van der Waals surface area contributed by atoms with Gasteiger partial charge in [0.05, 0.1) is 17.8 Å². The molecular formula is C17H15NO2S. The molecule has 0 N–H and O–H groups in total. The van der Waals surface area contributed by atoms with E-state index in [2.05, 4.69) is 18.2 Å². The number of carbonyl (C=O) groups is 1. The molecule has 2 saturated heterocycles. The van der Waals surface area contributed by atoms with E-state index in [4.69, 9.17) is 4.74 Å². The Hall–Kier alpha value is -1.65. The van der Waals surface area contributed by atoms with Crippen LogP contribution in [0, 0.1) is 11.8 Å². The van der Waals surface area contributed by atoms with Gasteiger partial charge in [0.1, 0.15) is 0 Å². The molecule has 106 valence electrons. The van der Waals surface area contributed by atoms with Crippen molar-refractivity contribution in [3.05, 3.63) is 47.4 Å². The minimum absolute atomic E-state index is 0.182. The van der Waals surface area contributed by atoms with Crippen LogP contribution in [0.1, 0.15) is 10.4 Å². The van der Waals surface area contributed by atoms with Gasteiger partial charge in [0.15, 0.2) is 0 Å². The van der Waals surface area contributed by atoms with Gasteiger partial charge < -0.3 is 9.64 Å². The number of thiophene rings is 1. The molecule has 1 aromatic carbocycles. The molecule has 5 rings (SSSR count). The number of hydrogen-bond donors (Lipinski definition) is 0. The molecule has 21 heavy (non-hydrogen) atoms. The highest BCUT2D eigenvalue weighted by Gasteiger charge is 2.51. The zero-order valence-corrected chi connectivity index (χ0v) is 12.3. The molecule has 1 amide bonds. The van der Waals surface area contributed by atoms with E-state index in [-0.39, 0.29) is 18.1 Å². The second-order valence-electron chi connectivity index (χ2n) is 6.13. The first-order valence-corrected chi connectivity index (χ1v) is 8.28. The fourth-order valence-corrected chi connectivity index (χ4v) is 4.94. The lowest BCUT2D eigenvalue weighted by Gasteiger charge is -2.18. The SMILES string of the molecule is O=C(c1csc2ccccc12)N1CC2C3C=CC(O3)C2C1. The van der Waals surface area contributed by atoms with E-state index in [0.29, 0.717) is 11.8 Å². The molecule has 4 atom stereocenters. The van der Waals surface area contributed by atoms with Crippen LogP contribution in [-0.2, 0) is 4.74 Å². The summed E-state index contributed by atoms with van der Waals surface area (Å²) in [5.74, 6) is 1.17. The Labute approximate surface area is 126 Å². The lowest BCUT2D eigenvalue weighted by Crippen LogP contribution is -2.31. The fourth-order valence-electron chi connectivity index (χ4n) is 4.01. The van der Waals surface area contributed by atoms with E-state index < -0.39 is 0 Å². The van der Waals surface area contributed by atoms with E-state index in [0.717, 1.165) is 24.0 Å². The Morgan fingerprint density at radius 1 is 1.14 bits per heavy atom. The van der Waals surface area contributed by atoms with Gasteiger partial charge in [-0.15, -0.1) is 11.3 Å². The van der Waals surface area contributed by atoms with Crippen LogP contribution in [0.25, 0.3) is 10.1 Å². The first-order valence-electron chi connectivity index (χ1n) is 7.40. The van der Waals surface area contributed by atoms with Gasteiger partial charge in [-0.3, -0.25) is 4.79 Å². The van der Waals surface area contributed by atoms with Gasteiger partial charge in [0.2, 0.25) is 0 Å². The molecule has 3 aliphatic rings. The first kappa shape index (κ1) is 12.0. The first-order chi connectivity index (χ1) is 10.3. The minimum Gasteiger partial charge on any atom is -0.366 e. The van der Waals surface area contributed by atoms with Crippen LogP contribution < -0.4 is 0 Å². The number of likely N-dealkylation sites (tertiary alicyclic amines) is 1. The summed E-state index contributed by atoms with van der Waals surface area (Å²) < 4.78 is 7.07. The Kier molecular flexibility index (Phi) is 2.38. The maximum Gasteiger partial charge on any atom is 0.255 e. The smallest absolute Gasteiger partial charge is 0.255 e. The predicted octanol–water partition coefficient (Wildman–Crippen LogP) is 2.93. The zero-order valence-electron chi connectivity index (χ0n) is 11.4. The largest absolute Gasteiger partial charge is 0.366 e. The Bertz CT molecular complexity index is 745. The van der Waals surface area contributed by atoms with Crippen molar-refractivity contribution in [3.63, 3.8) is 0 Å². The molecule has 4 heteroatoms.